The van der Waals surface area contributed by atoms with Crippen LogP contribution < -0.4 is 17.0 Å². The molecule has 0 aliphatic carbocycles. The molecule has 0 heterocycles. The first kappa shape index (κ1) is 139. The van der Waals surface area contributed by atoms with E-state index < -0.39 is 265 Å². The third-order valence-corrected chi connectivity index (χ3v) is 16.4. The third-order valence-electron chi connectivity index (χ3n) is 15.8. The second kappa shape index (κ2) is 34.0. The summed E-state index contributed by atoms with van der Waals surface area (Å²) in [6.45, 7) is 0. The maximum atomic E-state index is 15.2. The van der Waals surface area contributed by atoms with Crippen molar-refractivity contribution in [3.63, 3.8) is 0 Å². The second-order valence-electron chi connectivity index (χ2n) is 24.3. The van der Waals surface area contributed by atoms with Crippen molar-refractivity contribution in [3.05, 3.63) is 0 Å². The van der Waals surface area contributed by atoms with E-state index in [0.29, 0.717) is 0 Å². The number of quaternary nitrogens is 2. The molecule has 0 aromatic heterocycles. The van der Waals surface area contributed by atoms with Gasteiger partial charge in [0, 0.05) is 0 Å². The zero-order chi connectivity index (χ0) is 116. The molecule has 0 saturated heterocycles. The van der Waals surface area contributed by atoms with Gasteiger partial charge >= 0.3 is 245 Å². The van der Waals surface area contributed by atoms with Crippen molar-refractivity contribution in [2.75, 3.05) is 0 Å². The third kappa shape index (κ3) is 16.9. The first-order chi connectivity index (χ1) is 57.2. The molecule has 0 aromatic carbocycles. The highest BCUT2D eigenvalue weighted by Gasteiger charge is 3.16. The minimum Gasteiger partial charge on any atom is -1.00 e. The average Bonchev–Trinajstić information content (AvgIpc) is 0.639. The minimum atomic E-state index is -12.3. The Morgan fingerprint density at radius 3 is 0.237 bits per heavy atom. The molecule has 0 N–H and O–H groups in total. The number of alkyl halides is 91. The molecule has 0 atom stereocenters. The van der Waals surface area contributed by atoms with E-state index in [1.807, 2.05) is 0 Å². The molecule has 0 saturated carbocycles. The molecule has 0 fully saturated rings. The molecule has 0 amide bonds. The van der Waals surface area contributed by atoms with Crippen LogP contribution in [0.1, 0.15) is 0 Å². The van der Waals surface area contributed by atoms with Crippen molar-refractivity contribution in [2.24, 2.45) is 0 Å². The summed E-state index contributed by atoms with van der Waals surface area (Å²) in [5, 5.41) is 0. The molecule has 98 heteroatoms. The fraction of sp³-hybridized carbons (Fsp3) is 1.00. The molecule has 5 nitrogen and oxygen atoms in total. The zero-order valence-electron chi connectivity index (χ0n) is 57.8. The average molecular weight is 2410 g/mol. The van der Waals surface area contributed by atoms with Gasteiger partial charge in [-0.25, -0.2) is 8.42 Å². The summed E-state index contributed by atoms with van der Waals surface area (Å²) in [6, 6.07) is -95.3. The smallest absolute Gasteiger partial charge is 0.485 e. The molecule has 0 aliphatic rings. The SMILES string of the molecule is FC(F)(F)C(F)(F)C(F)(F)C(F)(F)C(F)(F)C(F)(F)C(F)(F)C(F)(F)C(F)(F)C(F)(F)C(F)(F)[N+](C(F)(F)C(F)(F)C(F)(F)F)(C(F)(F)C(F)(F)C(F)(F)F)C(F)(F)C(F)(F)C(F)(F)F.FC(F)(F)C(F)(F)C(F)(F)C(F)(F)C(F)(F)C(F)(F)C(F)(F)C(F)(F)C(F)(F)C(F)(F)C(F)(F)[N+](C(F)(F)C(F)(F)C(F)(F)F)(C(F)(F)C(F)(F)C(F)(F)F)C(F)(F)C(F)(F)C(F)(F)F.O=S(=O)([O-])C(F)(F)F.[Br-]. The van der Waals surface area contributed by atoms with Crippen molar-refractivity contribution >= 4 is 10.1 Å². The Labute approximate surface area is 694 Å². The standard InChI is InChI=1S/2C20F44N.CHF3O3S.BrH/c2*21-1(22,2(23,24)4(27,28)6(31,32)8(35,36)13(45,46)47)3(25,26)5(29,30)7(33,34)9(37,38)17(57,58)65(18(59,60)10(39,40)14(48,49)50,19(61,62)11(41,42)15(51,52)53)20(63,64)12(43,44)16(54,55)56;2-1(3,4)8(5,6)7;/h;;(H,5,6,7);1H/q2*+1;;/p-2. The highest BCUT2D eigenvalue weighted by molar-refractivity contribution is 7.86. The van der Waals surface area contributed by atoms with Gasteiger partial charge in [-0.3, -0.25) is 0 Å². The predicted octanol–water partition coefficient (Wildman–Crippen LogP) is 25.1. The lowest BCUT2D eigenvalue weighted by molar-refractivity contribution is -1.21. The Kier molecular flexibility index (Phi) is 34.0. The molecule has 0 unspecified atom stereocenters. The number of hydrogen-bond donors (Lipinski definition) is 0. The van der Waals surface area contributed by atoms with Crippen LogP contribution in [0.2, 0.25) is 0 Å². The lowest BCUT2D eigenvalue weighted by Gasteiger charge is -2.57. The maximum absolute atomic E-state index is 15.2. The lowest BCUT2D eigenvalue weighted by atomic mass is 9.85. The van der Waals surface area contributed by atoms with Crippen LogP contribution in [-0.4, -0.2) is 267 Å². The Hall–Kier alpha value is -6.06. The topological polar surface area (TPSA) is 57.2 Å². The molecular formula is C41BrF91N2O3S. The number of rotatable bonds is 32. The monoisotopic (exact) mass is 2410 g/mol. The molecule has 0 radical (unpaired) electrons. The number of halogens is 92. The molecule has 0 aromatic rings. The van der Waals surface area contributed by atoms with Gasteiger partial charge in [0.25, 0.3) is 0 Å². The lowest BCUT2D eigenvalue weighted by Crippen LogP contribution is -3.00. The largest absolute Gasteiger partial charge is 1.00 e. The Bertz CT molecular complexity index is 3910. The van der Waals surface area contributed by atoms with E-state index in [-0.39, 0.29) is 17.0 Å². The van der Waals surface area contributed by atoms with Crippen molar-refractivity contribution < 1.29 is 438 Å². The van der Waals surface area contributed by atoms with Crippen LogP contribution in [0.5, 0.6) is 0 Å². The zero-order valence-corrected chi connectivity index (χ0v) is 60.2. The Balaban J connectivity index is -0.00000120. The first-order valence-electron chi connectivity index (χ1n) is 27.7. The molecular weight excluding hydrogens is 2410 g/mol. The summed E-state index contributed by atoms with van der Waals surface area (Å²) in [6.07, 6.45) is -76.0. The van der Waals surface area contributed by atoms with Crippen molar-refractivity contribution in [3.8, 4) is 0 Å². The van der Waals surface area contributed by atoms with Gasteiger partial charge in [0.2, 0.25) is 0 Å². The van der Waals surface area contributed by atoms with Crippen LogP contribution in [0, 0.1) is 0 Å². The van der Waals surface area contributed by atoms with Crippen LogP contribution >= 0.6 is 0 Å². The normalized spacial score (nSPS) is 17.2. The van der Waals surface area contributed by atoms with Gasteiger partial charge in [-0.15, -0.1) is 70.2 Å². The predicted molar refractivity (Wildman–Crippen MR) is 223 cm³/mol. The van der Waals surface area contributed by atoms with E-state index in [0.717, 1.165) is 0 Å². The van der Waals surface area contributed by atoms with Crippen LogP contribution in [-0.2, 0) is 10.1 Å². The van der Waals surface area contributed by atoms with E-state index >= 15 is 17.6 Å². The molecule has 0 rings (SSSR count). The maximum Gasteiger partial charge on any atom is 0.485 e. The fourth-order valence-electron chi connectivity index (χ4n) is 8.32. The van der Waals surface area contributed by atoms with E-state index in [9.17, 15) is 382 Å². The first-order valence-corrected chi connectivity index (χ1v) is 29.1. The minimum absolute atomic E-state index is 0. The van der Waals surface area contributed by atoms with Crippen LogP contribution in [0.3, 0.4) is 0 Å². The number of nitrogens with zero attached hydrogens (tertiary/aromatic N) is 2. The summed E-state index contributed by atoms with van der Waals surface area (Å²) in [5.74, 6) is -256. The molecule has 0 bridgehead atoms. The van der Waals surface area contributed by atoms with Crippen LogP contribution in [0.4, 0.5) is 400 Å². The molecule has 0 spiro atoms. The summed E-state index contributed by atoms with van der Waals surface area (Å²) in [7, 11) is -6.09. The van der Waals surface area contributed by atoms with Crippen molar-refractivity contribution in [1.29, 1.82) is 0 Å². The van der Waals surface area contributed by atoms with E-state index in [1.54, 1.807) is 0 Å². The Morgan fingerprint density at radius 2 is 0.173 bits per heavy atom. The highest BCUT2D eigenvalue weighted by Crippen LogP contribution is 2.80. The van der Waals surface area contributed by atoms with Gasteiger partial charge in [0.1, 0.15) is 0 Å². The molecule has 842 valence electrons. The summed E-state index contributed by atoms with van der Waals surface area (Å²) in [4.78, 5) is 0. The number of hydrogen-bond acceptors (Lipinski definition) is 3. The summed E-state index contributed by atoms with van der Waals surface area (Å²) in [5.41, 5.74) is -5.65. The quantitative estimate of drug-likeness (QED) is 0.0222. The fourth-order valence-corrected chi connectivity index (χ4v) is 8.32. The van der Waals surface area contributed by atoms with E-state index in [2.05, 4.69) is 0 Å². The van der Waals surface area contributed by atoms with Gasteiger partial charge in [-0.1, -0.05) is 8.97 Å². The van der Waals surface area contributed by atoms with Crippen molar-refractivity contribution in [1.82, 2.24) is 0 Å². The van der Waals surface area contributed by atoms with Crippen molar-refractivity contribution in [2.45, 2.75) is 245 Å². The summed E-state index contributed by atoms with van der Waals surface area (Å²) >= 11 is 0. The highest BCUT2D eigenvalue weighted by atomic mass is 79.9. The molecule has 139 heavy (non-hydrogen) atoms. The Morgan fingerprint density at radius 1 is 0.115 bits per heavy atom. The summed E-state index contributed by atoms with van der Waals surface area (Å²) < 4.78 is 1240. The van der Waals surface area contributed by atoms with Gasteiger partial charge in [-0.05, 0) is 0 Å². The van der Waals surface area contributed by atoms with Crippen LogP contribution in [0.25, 0.3) is 0 Å². The van der Waals surface area contributed by atoms with Gasteiger partial charge in [0.05, 0.1) is 0 Å². The van der Waals surface area contributed by atoms with Crippen LogP contribution in [0.15, 0.2) is 0 Å². The van der Waals surface area contributed by atoms with E-state index in [1.165, 1.54) is 0 Å². The van der Waals surface area contributed by atoms with E-state index in [4.69, 9.17) is 13.0 Å². The second-order valence-corrected chi connectivity index (χ2v) is 25.7. The van der Waals surface area contributed by atoms with Gasteiger partial charge < -0.3 is 21.5 Å². The van der Waals surface area contributed by atoms with Gasteiger partial charge in [-0.2, -0.15) is 329 Å². The van der Waals surface area contributed by atoms with Gasteiger partial charge in [0.15, 0.2) is 10.1 Å². The molecule has 0 aliphatic heterocycles.